The van der Waals surface area contributed by atoms with Gasteiger partial charge in [0.1, 0.15) is 23.0 Å². The van der Waals surface area contributed by atoms with Crippen molar-refractivity contribution in [3.05, 3.63) is 78.4 Å². The van der Waals surface area contributed by atoms with Gasteiger partial charge in [-0.05, 0) is 72.8 Å². The molecule has 0 saturated carbocycles. The third-order valence-electron chi connectivity index (χ3n) is 5.66. The molecule has 0 spiro atoms. The molecule has 1 heterocycles. The first-order valence-corrected chi connectivity index (χ1v) is 11.0. The van der Waals surface area contributed by atoms with Crippen molar-refractivity contribution in [2.75, 3.05) is 32.3 Å². The summed E-state index contributed by atoms with van der Waals surface area (Å²) in [5.41, 5.74) is 1.07. The first-order valence-electron chi connectivity index (χ1n) is 11.0. The van der Waals surface area contributed by atoms with Gasteiger partial charge in [0.15, 0.2) is 12.4 Å². The first-order chi connectivity index (χ1) is 17.0. The average molecular weight is 475 g/mol. The van der Waals surface area contributed by atoms with Crippen LogP contribution in [0.3, 0.4) is 0 Å². The molecule has 8 nitrogen and oxygen atoms in total. The van der Waals surface area contributed by atoms with Crippen molar-refractivity contribution < 1.29 is 33.3 Å². The molecule has 1 aliphatic heterocycles. The minimum Gasteiger partial charge on any atom is -0.497 e. The molecule has 3 aromatic rings. The van der Waals surface area contributed by atoms with Gasteiger partial charge < -0.3 is 23.8 Å². The summed E-state index contributed by atoms with van der Waals surface area (Å²) >= 11 is 0. The van der Waals surface area contributed by atoms with E-state index in [1.807, 2.05) is 0 Å². The number of esters is 1. The Hall–Kier alpha value is -4.33. The molecule has 0 aromatic heterocycles. The molecule has 1 amide bonds. The minimum atomic E-state index is -0.638. The van der Waals surface area contributed by atoms with Gasteiger partial charge in [0.25, 0.3) is 0 Å². The summed E-state index contributed by atoms with van der Waals surface area (Å²) in [6, 6.07) is 20.8. The fraction of sp³-hybridized carbons (Fsp3) is 0.222. The number of benzene rings is 3. The number of anilines is 1. The fourth-order valence-electron chi connectivity index (χ4n) is 3.70. The molecule has 4 rings (SSSR count). The zero-order chi connectivity index (χ0) is 24.8. The van der Waals surface area contributed by atoms with Crippen molar-refractivity contribution in [2.24, 2.45) is 5.92 Å². The third kappa shape index (κ3) is 5.78. The molecule has 180 valence electrons. The lowest BCUT2D eigenvalue weighted by atomic mass is 10.1. The van der Waals surface area contributed by atoms with Crippen LogP contribution in [0.2, 0.25) is 0 Å². The van der Waals surface area contributed by atoms with E-state index >= 15 is 0 Å². The number of methoxy groups -OCH3 is 2. The Bertz CT molecular complexity index is 1190. The van der Waals surface area contributed by atoms with Gasteiger partial charge in [0.05, 0.1) is 20.1 Å². The molecule has 35 heavy (non-hydrogen) atoms. The van der Waals surface area contributed by atoms with Gasteiger partial charge in [-0.1, -0.05) is 0 Å². The second-order valence-electron chi connectivity index (χ2n) is 7.94. The SMILES string of the molecule is COc1ccc(Oc2ccc(N3C[C@H](C(=O)OCC(=O)c4ccc(OC)cc4)CC3=O)cc2)cc1. The smallest absolute Gasteiger partial charge is 0.311 e. The predicted molar refractivity (Wildman–Crippen MR) is 128 cm³/mol. The van der Waals surface area contributed by atoms with Crippen LogP contribution in [0.15, 0.2) is 72.8 Å². The molecule has 0 bridgehead atoms. The number of amides is 1. The maximum Gasteiger partial charge on any atom is 0.311 e. The summed E-state index contributed by atoms with van der Waals surface area (Å²) < 4.78 is 21.2. The van der Waals surface area contributed by atoms with Gasteiger partial charge in [-0.3, -0.25) is 14.4 Å². The van der Waals surface area contributed by atoms with Gasteiger partial charge in [0.2, 0.25) is 5.91 Å². The van der Waals surface area contributed by atoms with Gasteiger partial charge in [-0.2, -0.15) is 0 Å². The standard InChI is InChI=1S/C27H25NO7/c1-32-21-7-3-18(4-8-21)25(29)17-34-27(31)19-15-26(30)28(16-19)20-5-9-23(10-6-20)35-24-13-11-22(33-2)12-14-24/h3-14,19H,15-17H2,1-2H3/t19-/m1/s1. The van der Waals surface area contributed by atoms with Crippen LogP contribution >= 0.6 is 0 Å². The molecule has 1 fully saturated rings. The molecule has 1 saturated heterocycles. The molecule has 0 unspecified atom stereocenters. The normalized spacial score (nSPS) is 15.0. The van der Waals surface area contributed by atoms with E-state index in [0.29, 0.717) is 28.5 Å². The van der Waals surface area contributed by atoms with Crippen molar-refractivity contribution in [1.29, 1.82) is 0 Å². The van der Waals surface area contributed by atoms with Crippen LogP contribution in [0.4, 0.5) is 5.69 Å². The zero-order valence-corrected chi connectivity index (χ0v) is 19.4. The number of ketones is 1. The van der Waals surface area contributed by atoms with E-state index < -0.39 is 11.9 Å². The zero-order valence-electron chi connectivity index (χ0n) is 19.4. The van der Waals surface area contributed by atoms with Crippen LogP contribution in [-0.2, 0) is 14.3 Å². The fourth-order valence-corrected chi connectivity index (χ4v) is 3.70. The lowest BCUT2D eigenvalue weighted by molar-refractivity contribution is -0.147. The first kappa shape index (κ1) is 23.8. The van der Waals surface area contributed by atoms with Gasteiger partial charge in [-0.25, -0.2) is 0 Å². The summed E-state index contributed by atoms with van der Waals surface area (Å²) in [6.07, 6.45) is 0.0274. The second-order valence-corrected chi connectivity index (χ2v) is 7.94. The van der Waals surface area contributed by atoms with Crippen LogP contribution in [0.1, 0.15) is 16.8 Å². The largest absolute Gasteiger partial charge is 0.497 e. The van der Waals surface area contributed by atoms with E-state index in [-0.39, 0.29) is 31.3 Å². The van der Waals surface area contributed by atoms with Crippen LogP contribution in [-0.4, -0.2) is 45.0 Å². The summed E-state index contributed by atoms with van der Waals surface area (Å²) in [7, 11) is 3.13. The maximum atomic E-state index is 12.5. The molecule has 0 radical (unpaired) electrons. The van der Waals surface area contributed by atoms with Gasteiger partial charge >= 0.3 is 5.97 Å². The Labute approximate surface area is 203 Å². The number of rotatable bonds is 9. The number of carbonyl (C=O) groups excluding carboxylic acids is 3. The number of carbonyl (C=O) groups is 3. The highest BCUT2D eigenvalue weighted by Crippen LogP contribution is 2.29. The third-order valence-corrected chi connectivity index (χ3v) is 5.66. The molecule has 8 heteroatoms. The highest BCUT2D eigenvalue weighted by molar-refractivity contribution is 6.01. The van der Waals surface area contributed by atoms with E-state index in [1.165, 1.54) is 12.0 Å². The summed E-state index contributed by atoms with van der Waals surface area (Å²) in [5, 5.41) is 0. The number of hydrogen-bond acceptors (Lipinski definition) is 7. The Morgan fingerprint density at radius 3 is 1.89 bits per heavy atom. The van der Waals surface area contributed by atoms with E-state index in [9.17, 15) is 14.4 Å². The quantitative estimate of drug-likeness (QED) is 0.337. The van der Waals surface area contributed by atoms with E-state index in [1.54, 1.807) is 79.9 Å². The maximum absolute atomic E-state index is 12.5. The van der Waals surface area contributed by atoms with Crippen LogP contribution in [0.25, 0.3) is 0 Å². The van der Waals surface area contributed by atoms with Gasteiger partial charge in [0, 0.05) is 24.2 Å². The van der Waals surface area contributed by atoms with Crippen LogP contribution < -0.4 is 19.1 Å². The molecular formula is C27H25NO7. The molecule has 1 aliphatic rings. The number of Topliss-reactive ketones (excluding diaryl/α,β-unsaturated/α-hetero) is 1. The second kappa shape index (κ2) is 10.7. The van der Waals surface area contributed by atoms with Crippen molar-refractivity contribution >= 4 is 23.3 Å². The average Bonchev–Trinajstić information content (AvgIpc) is 3.29. The van der Waals surface area contributed by atoms with E-state index in [4.69, 9.17) is 18.9 Å². The Morgan fingerprint density at radius 1 is 0.800 bits per heavy atom. The highest BCUT2D eigenvalue weighted by atomic mass is 16.5. The Morgan fingerprint density at radius 2 is 1.31 bits per heavy atom. The number of hydrogen-bond donors (Lipinski definition) is 0. The highest BCUT2D eigenvalue weighted by Gasteiger charge is 2.36. The molecule has 0 N–H and O–H groups in total. The lowest BCUT2D eigenvalue weighted by Crippen LogP contribution is -2.27. The number of nitrogens with zero attached hydrogens (tertiary/aromatic N) is 1. The van der Waals surface area contributed by atoms with Gasteiger partial charge in [-0.15, -0.1) is 0 Å². The lowest BCUT2D eigenvalue weighted by Gasteiger charge is -2.17. The van der Waals surface area contributed by atoms with Crippen molar-refractivity contribution in [3.8, 4) is 23.0 Å². The monoisotopic (exact) mass is 475 g/mol. The number of ether oxygens (including phenoxy) is 4. The van der Waals surface area contributed by atoms with E-state index in [2.05, 4.69) is 0 Å². The van der Waals surface area contributed by atoms with Crippen LogP contribution in [0, 0.1) is 5.92 Å². The van der Waals surface area contributed by atoms with Crippen molar-refractivity contribution in [2.45, 2.75) is 6.42 Å². The molecular weight excluding hydrogens is 450 g/mol. The Balaban J connectivity index is 1.31. The molecule has 1 atom stereocenters. The Kier molecular flexibility index (Phi) is 7.30. The summed E-state index contributed by atoms with van der Waals surface area (Å²) in [4.78, 5) is 38.9. The summed E-state index contributed by atoms with van der Waals surface area (Å²) in [6.45, 7) is -0.194. The minimum absolute atomic E-state index is 0.0274. The van der Waals surface area contributed by atoms with Crippen LogP contribution in [0.5, 0.6) is 23.0 Å². The predicted octanol–water partition coefficient (Wildman–Crippen LogP) is 4.28. The van der Waals surface area contributed by atoms with Crippen molar-refractivity contribution in [1.82, 2.24) is 0 Å². The summed E-state index contributed by atoms with van der Waals surface area (Å²) in [5.74, 6) is 0.915. The van der Waals surface area contributed by atoms with Crippen molar-refractivity contribution in [3.63, 3.8) is 0 Å². The molecule has 0 aliphatic carbocycles. The molecule has 3 aromatic carbocycles. The topological polar surface area (TPSA) is 91.4 Å². The van der Waals surface area contributed by atoms with E-state index in [0.717, 1.165) is 5.75 Å².